The fourth-order valence-corrected chi connectivity index (χ4v) is 1.17. The molecule has 1 heterocycles. The molecule has 66 valence electrons. The molecular weight excluding hydrogens is 150 g/mol. The van der Waals surface area contributed by atoms with Crippen molar-refractivity contribution in [1.29, 1.82) is 0 Å². The van der Waals surface area contributed by atoms with E-state index >= 15 is 0 Å². The fourth-order valence-electron chi connectivity index (χ4n) is 1.17. The van der Waals surface area contributed by atoms with E-state index in [0.717, 1.165) is 5.69 Å². The average Bonchev–Trinajstić information content (AvgIpc) is 2.07. The quantitative estimate of drug-likeness (QED) is 0.714. The van der Waals surface area contributed by atoms with Gasteiger partial charge >= 0.3 is 0 Å². The van der Waals surface area contributed by atoms with E-state index in [-0.39, 0.29) is 6.04 Å². The third-order valence-electron chi connectivity index (χ3n) is 1.88. The van der Waals surface area contributed by atoms with Crippen molar-refractivity contribution in [3.8, 4) is 0 Å². The van der Waals surface area contributed by atoms with Crippen LogP contribution in [0.5, 0.6) is 0 Å². The number of nitrogens with two attached hydrogens (primary N) is 1. The molecule has 1 aromatic rings. The molecule has 1 rings (SSSR count). The van der Waals surface area contributed by atoms with Crippen molar-refractivity contribution in [2.45, 2.75) is 6.04 Å². The van der Waals surface area contributed by atoms with Gasteiger partial charge in [-0.2, -0.15) is 0 Å². The van der Waals surface area contributed by atoms with Gasteiger partial charge in [-0.1, -0.05) is 6.07 Å². The number of nitrogens with zero attached hydrogens (tertiary/aromatic N) is 2. The lowest BCUT2D eigenvalue weighted by Crippen LogP contribution is -2.27. The molecule has 0 amide bonds. The Bertz CT molecular complexity index is 220. The molecule has 0 saturated carbocycles. The van der Waals surface area contributed by atoms with E-state index in [1.807, 2.05) is 32.3 Å². The van der Waals surface area contributed by atoms with Gasteiger partial charge in [0.15, 0.2) is 0 Å². The maximum absolute atomic E-state index is 5.62. The maximum atomic E-state index is 5.62. The molecule has 0 aliphatic carbocycles. The van der Waals surface area contributed by atoms with Crippen molar-refractivity contribution in [1.82, 2.24) is 9.88 Å². The van der Waals surface area contributed by atoms with Crippen LogP contribution in [0.2, 0.25) is 0 Å². The first-order valence-corrected chi connectivity index (χ1v) is 4.03. The Morgan fingerprint density at radius 1 is 1.50 bits per heavy atom. The summed E-state index contributed by atoms with van der Waals surface area (Å²) in [6.07, 6.45) is 1.79. The summed E-state index contributed by atoms with van der Waals surface area (Å²) in [4.78, 5) is 6.32. The average molecular weight is 165 g/mol. The van der Waals surface area contributed by atoms with Crippen molar-refractivity contribution >= 4 is 0 Å². The zero-order valence-electron chi connectivity index (χ0n) is 7.57. The van der Waals surface area contributed by atoms with Crippen LogP contribution in [0.4, 0.5) is 0 Å². The monoisotopic (exact) mass is 165 g/mol. The highest BCUT2D eigenvalue weighted by molar-refractivity contribution is 5.08. The molecular formula is C9H15N3. The molecule has 0 unspecified atom stereocenters. The summed E-state index contributed by atoms with van der Waals surface area (Å²) in [5, 5.41) is 0. The second kappa shape index (κ2) is 4.18. The molecule has 1 aromatic heterocycles. The van der Waals surface area contributed by atoms with E-state index in [4.69, 9.17) is 5.73 Å². The van der Waals surface area contributed by atoms with Crippen LogP contribution in [0, 0.1) is 0 Å². The lowest BCUT2D eigenvalue weighted by molar-refractivity contribution is 0.300. The smallest absolute Gasteiger partial charge is 0.0639 e. The summed E-state index contributed by atoms with van der Waals surface area (Å²) >= 11 is 0. The summed E-state index contributed by atoms with van der Waals surface area (Å²) < 4.78 is 0. The minimum atomic E-state index is 0.228. The minimum Gasteiger partial charge on any atom is -0.329 e. The van der Waals surface area contributed by atoms with Crippen molar-refractivity contribution in [3.05, 3.63) is 30.1 Å². The normalized spacial score (nSPS) is 13.3. The standard InChI is InChI=1S/C9H15N3/c1-12(2)9(7-10)8-5-3-4-6-11-8/h3-6,9H,7,10H2,1-2H3/t9-/m0/s1. The van der Waals surface area contributed by atoms with E-state index in [1.165, 1.54) is 0 Å². The van der Waals surface area contributed by atoms with Crippen molar-refractivity contribution in [2.75, 3.05) is 20.6 Å². The Labute approximate surface area is 73.2 Å². The SMILES string of the molecule is CN(C)[C@@H](CN)c1ccccn1. The predicted molar refractivity (Wildman–Crippen MR) is 49.7 cm³/mol. The van der Waals surface area contributed by atoms with Crippen molar-refractivity contribution in [2.24, 2.45) is 5.73 Å². The molecule has 2 N–H and O–H groups in total. The molecule has 0 radical (unpaired) electrons. The number of hydrogen-bond donors (Lipinski definition) is 1. The Morgan fingerprint density at radius 3 is 2.67 bits per heavy atom. The van der Waals surface area contributed by atoms with Crippen LogP contribution in [0.3, 0.4) is 0 Å². The molecule has 1 atom stereocenters. The van der Waals surface area contributed by atoms with Gasteiger partial charge < -0.3 is 5.73 Å². The van der Waals surface area contributed by atoms with Crippen LogP contribution in [0.25, 0.3) is 0 Å². The van der Waals surface area contributed by atoms with Gasteiger partial charge in [-0.3, -0.25) is 9.88 Å². The van der Waals surface area contributed by atoms with Crippen molar-refractivity contribution < 1.29 is 0 Å². The maximum Gasteiger partial charge on any atom is 0.0639 e. The predicted octanol–water partition coefficient (Wildman–Crippen LogP) is 0.643. The van der Waals surface area contributed by atoms with E-state index in [2.05, 4.69) is 9.88 Å². The topological polar surface area (TPSA) is 42.1 Å². The molecule has 0 bridgehead atoms. The molecule has 0 spiro atoms. The second-order valence-corrected chi connectivity index (χ2v) is 2.97. The lowest BCUT2D eigenvalue weighted by Gasteiger charge is -2.21. The first kappa shape index (κ1) is 9.16. The zero-order valence-corrected chi connectivity index (χ0v) is 7.57. The second-order valence-electron chi connectivity index (χ2n) is 2.97. The molecule has 0 aliphatic heterocycles. The third-order valence-corrected chi connectivity index (χ3v) is 1.88. The highest BCUT2D eigenvalue weighted by Crippen LogP contribution is 2.12. The number of likely N-dealkylation sites (N-methyl/N-ethyl adjacent to an activating group) is 1. The zero-order chi connectivity index (χ0) is 8.97. The van der Waals surface area contributed by atoms with Gasteiger partial charge in [0.25, 0.3) is 0 Å². The van der Waals surface area contributed by atoms with Crippen LogP contribution in [0.15, 0.2) is 24.4 Å². The Hall–Kier alpha value is -0.930. The Balaban J connectivity index is 2.80. The lowest BCUT2D eigenvalue weighted by atomic mass is 10.2. The largest absolute Gasteiger partial charge is 0.329 e. The van der Waals surface area contributed by atoms with Crippen LogP contribution in [-0.2, 0) is 0 Å². The number of pyridine rings is 1. The van der Waals surface area contributed by atoms with Gasteiger partial charge in [0.1, 0.15) is 0 Å². The fraction of sp³-hybridized carbons (Fsp3) is 0.444. The number of aromatic nitrogens is 1. The molecule has 3 nitrogen and oxygen atoms in total. The molecule has 3 heteroatoms. The van der Waals surface area contributed by atoms with Gasteiger partial charge in [-0.15, -0.1) is 0 Å². The van der Waals surface area contributed by atoms with Crippen LogP contribution in [-0.4, -0.2) is 30.5 Å². The summed E-state index contributed by atoms with van der Waals surface area (Å²) in [5.74, 6) is 0. The summed E-state index contributed by atoms with van der Waals surface area (Å²) in [5.41, 5.74) is 6.66. The van der Waals surface area contributed by atoms with Gasteiger partial charge in [0, 0.05) is 12.7 Å². The highest BCUT2D eigenvalue weighted by Gasteiger charge is 2.11. The highest BCUT2D eigenvalue weighted by atomic mass is 15.1. The molecule has 0 aliphatic rings. The summed E-state index contributed by atoms with van der Waals surface area (Å²) in [7, 11) is 4.01. The van der Waals surface area contributed by atoms with Crippen LogP contribution < -0.4 is 5.73 Å². The van der Waals surface area contributed by atoms with Crippen molar-refractivity contribution in [3.63, 3.8) is 0 Å². The first-order valence-electron chi connectivity index (χ1n) is 4.03. The molecule has 0 saturated heterocycles. The van der Waals surface area contributed by atoms with Crippen LogP contribution >= 0.6 is 0 Å². The van der Waals surface area contributed by atoms with Gasteiger partial charge in [0.2, 0.25) is 0 Å². The Morgan fingerprint density at radius 2 is 2.25 bits per heavy atom. The number of hydrogen-bond acceptors (Lipinski definition) is 3. The van der Waals surface area contributed by atoms with E-state index in [0.29, 0.717) is 6.54 Å². The van der Waals surface area contributed by atoms with Gasteiger partial charge in [-0.05, 0) is 26.2 Å². The van der Waals surface area contributed by atoms with E-state index < -0.39 is 0 Å². The molecule has 0 fully saturated rings. The third kappa shape index (κ3) is 2.03. The van der Waals surface area contributed by atoms with Gasteiger partial charge in [0.05, 0.1) is 11.7 Å². The number of rotatable bonds is 3. The van der Waals surface area contributed by atoms with Crippen LogP contribution in [0.1, 0.15) is 11.7 Å². The van der Waals surface area contributed by atoms with Gasteiger partial charge in [-0.25, -0.2) is 0 Å². The minimum absolute atomic E-state index is 0.228. The van der Waals surface area contributed by atoms with E-state index in [1.54, 1.807) is 6.20 Å². The Kier molecular flexibility index (Phi) is 3.19. The molecule has 12 heavy (non-hydrogen) atoms. The first-order chi connectivity index (χ1) is 5.75. The summed E-state index contributed by atoms with van der Waals surface area (Å²) in [6.45, 7) is 0.601. The molecule has 0 aromatic carbocycles. The summed E-state index contributed by atoms with van der Waals surface area (Å²) in [6, 6.07) is 6.12. The van der Waals surface area contributed by atoms with E-state index in [9.17, 15) is 0 Å².